The molecule has 0 aromatic rings. The first kappa shape index (κ1) is 23.7. The molecule has 8 unspecified atom stereocenters. The predicted molar refractivity (Wildman–Crippen MR) is 126 cm³/mol. The van der Waals surface area contributed by atoms with Crippen molar-refractivity contribution in [2.45, 2.75) is 99.3 Å². The van der Waals surface area contributed by atoms with Crippen molar-refractivity contribution in [3.8, 4) is 0 Å². The Kier molecular flexibility index (Phi) is 8.31. The van der Waals surface area contributed by atoms with Crippen molar-refractivity contribution in [2.24, 2.45) is 46.3 Å². The Morgan fingerprint density at radius 2 is 1.44 bits per heavy atom. The summed E-state index contributed by atoms with van der Waals surface area (Å²) in [4.78, 5) is 14.2. The van der Waals surface area contributed by atoms with Crippen LogP contribution >= 0.6 is 22.6 Å². The van der Waals surface area contributed by atoms with Crippen molar-refractivity contribution in [3.63, 3.8) is 0 Å². The molecule has 0 heterocycles. The van der Waals surface area contributed by atoms with Gasteiger partial charge in [-0.3, -0.25) is 4.79 Å². The lowest BCUT2D eigenvalue weighted by Gasteiger charge is -2.61. The minimum absolute atomic E-state index is 0.332. The molecule has 4 rings (SSSR count). The summed E-state index contributed by atoms with van der Waals surface area (Å²) in [6.07, 6.45) is 12.6. The molecule has 0 aromatic carbocycles. The lowest BCUT2D eigenvalue weighted by Crippen LogP contribution is -2.53. The van der Waals surface area contributed by atoms with Crippen LogP contribution in [0, 0.1) is 46.3 Å². The molecule has 4 saturated carbocycles. The van der Waals surface area contributed by atoms with Crippen LogP contribution in [0.25, 0.3) is 0 Å². The fourth-order valence-corrected chi connectivity index (χ4v) is 8.14. The maximum Gasteiger partial charge on any atom is 0.133 e. The number of fused-ring (bicyclic) bond motifs is 5. The van der Waals surface area contributed by atoms with E-state index in [0.717, 1.165) is 29.6 Å². The first-order valence-corrected chi connectivity index (χ1v) is 13.9. The smallest absolute Gasteiger partial charge is 0.133 e. The molecule has 0 amide bonds. The van der Waals surface area contributed by atoms with Gasteiger partial charge in [0.25, 0.3) is 0 Å². The lowest BCUT2D eigenvalue weighted by molar-refractivity contribution is -0.135. The Bertz CT molecular complexity index is 503. The van der Waals surface area contributed by atoms with Crippen LogP contribution in [0.2, 0.25) is 0 Å². The number of rotatable bonds is 1. The topological polar surface area (TPSA) is 17.1 Å². The van der Waals surface area contributed by atoms with Crippen LogP contribution in [0.4, 0.5) is 0 Å². The molecule has 0 bridgehead atoms. The van der Waals surface area contributed by atoms with Crippen molar-refractivity contribution >= 4 is 28.4 Å². The fraction of sp³-hybridized carbons (Fsp3) is 0.960. The van der Waals surface area contributed by atoms with Crippen LogP contribution in [0.3, 0.4) is 0 Å². The van der Waals surface area contributed by atoms with Crippen molar-refractivity contribution in [1.29, 1.82) is 0 Å². The minimum atomic E-state index is 0.332. The van der Waals surface area contributed by atoms with Crippen LogP contribution in [0.5, 0.6) is 0 Å². The summed E-state index contributed by atoms with van der Waals surface area (Å²) in [5, 5.41) is 0. The van der Waals surface area contributed by atoms with Gasteiger partial charge in [-0.15, -0.1) is 0 Å². The summed E-state index contributed by atoms with van der Waals surface area (Å²) in [6, 6.07) is 0. The van der Waals surface area contributed by atoms with Crippen LogP contribution < -0.4 is 0 Å². The molecule has 0 radical (unpaired) electrons. The molecule has 0 saturated heterocycles. The highest BCUT2D eigenvalue weighted by Gasteiger charge is 2.60. The number of alkyl halides is 1. The molecule has 4 aliphatic carbocycles. The number of hydrogen-bond donors (Lipinski definition) is 0. The maximum atomic E-state index is 12.2. The second-order valence-electron chi connectivity index (χ2n) is 10.3. The van der Waals surface area contributed by atoms with Gasteiger partial charge in [-0.25, -0.2) is 0 Å². The zero-order valence-electron chi connectivity index (χ0n) is 19.1. The van der Waals surface area contributed by atoms with Gasteiger partial charge in [0.1, 0.15) is 5.78 Å². The molecule has 0 aromatic heterocycles. The Balaban J connectivity index is 0.000000614. The molecule has 27 heavy (non-hydrogen) atoms. The van der Waals surface area contributed by atoms with E-state index in [0.29, 0.717) is 22.5 Å². The normalized spacial score (nSPS) is 47.9. The van der Waals surface area contributed by atoms with E-state index in [9.17, 15) is 4.79 Å². The molecule has 1 nitrogen and oxygen atoms in total. The third kappa shape index (κ3) is 4.04. The maximum absolute atomic E-state index is 12.2. The number of Topliss-reactive ketones (excluding diaryl/α,β-unsaturated/α-hetero) is 1. The van der Waals surface area contributed by atoms with E-state index in [4.69, 9.17) is 0 Å². The monoisotopic (exact) mass is 488 g/mol. The molecule has 158 valence electrons. The standard InChI is InChI=1S/C22H36O.C2H6.CH3I/c1-14-9-11-21(3)16(13-14)5-6-17-19-8-7-18(15(2)23)22(19,4)12-10-20(17)21;2*1-2/h14,16-20H,5-13H2,1-4H3;1-2H3;1H3. The summed E-state index contributed by atoms with van der Waals surface area (Å²) >= 11 is 2.15. The van der Waals surface area contributed by atoms with Gasteiger partial charge < -0.3 is 0 Å². The van der Waals surface area contributed by atoms with Gasteiger partial charge in [0.2, 0.25) is 0 Å². The van der Waals surface area contributed by atoms with Crippen molar-refractivity contribution < 1.29 is 4.79 Å². The Morgan fingerprint density at radius 3 is 2.07 bits per heavy atom. The average Bonchev–Trinajstić information content (AvgIpc) is 3.03. The van der Waals surface area contributed by atoms with Gasteiger partial charge in [0, 0.05) is 5.92 Å². The van der Waals surface area contributed by atoms with Crippen molar-refractivity contribution in [3.05, 3.63) is 0 Å². The Hall–Kier alpha value is 0.400. The molecular weight excluding hydrogens is 443 g/mol. The van der Waals surface area contributed by atoms with E-state index < -0.39 is 0 Å². The van der Waals surface area contributed by atoms with Gasteiger partial charge in [0.05, 0.1) is 0 Å². The van der Waals surface area contributed by atoms with Gasteiger partial charge in [0.15, 0.2) is 0 Å². The zero-order valence-corrected chi connectivity index (χ0v) is 21.3. The second-order valence-corrected chi connectivity index (χ2v) is 10.3. The highest BCUT2D eigenvalue weighted by atomic mass is 127. The fourth-order valence-electron chi connectivity index (χ4n) is 8.14. The van der Waals surface area contributed by atoms with E-state index in [1.54, 1.807) is 0 Å². The second kappa shape index (κ2) is 9.47. The van der Waals surface area contributed by atoms with Gasteiger partial charge in [-0.1, -0.05) is 63.6 Å². The number of halogens is 1. The number of carbonyl (C=O) groups excluding carboxylic acids is 1. The SMILES string of the molecule is CC.CC(=O)C1CCC2C3CCC4CC(C)CCC4(C)C3CCC12C.CI. The highest BCUT2D eigenvalue weighted by Crippen LogP contribution is 2.67. The predicted octanol–water partition coefficient (Wildman–Crippen LogP) is 7.95. The zero-order chi connectivity index (χ0) is 20.4. The summed E-state index contributed by atoms with van der Waals surface area (Å²) in [7, 11) is 0. The molecule has 0 N–H and O–H groups in total. The van der Waals surface area contributed by atoms with E-state index >= 15 is 0 Å². The molecule has 8 atom stereocenters. The summed E-state index contributed by atoms with van der Waals surface area (Å²) in [5.41, 5.74) is 0.948. The molecule has 2 heteroatoms. The molecule has 0 spiro atoms. The van der Waals surface area contributed by atoms with E-state index in [1.165, 1.54) is 57.8 Å². The summed E-state index contributed by atoms with van der Waals surface area (Å²) < 4.78 is 0. The Labute approximate surface area is 183 Å². The molecule has 4 aliphatic rings. The quantitative estimate of drug-likeness (QED) is 0.270. The van der Waals surface area contributed by atoms with Gasteiger partial charge in [-0.05, 0) is 104 Å². The van der Waals surface area contributed by atoms with Crippen LogP contribution in [-0.2, 0) is 4.79 Å². The number of carbonyl (C=O) groups is 1. The summed E-state index contributed by atoms with van der Waals surface area (Å²) in [5.74, 6) is 5.50. The number of hydrogen-bond acceptors (Lipinski definition) is 1. The molecular formula is C25H45IO. The van der Waals surface area contributed by atoms with E-state index in [1.807, 2.05) is 25.7 Å². The minimum Gasteiger partial charge on any atom is -0.300 e. The first-order chi connectivity index (χ1) is 12.9. The highest BCUT2D eigenvalue weighted by molar-refractivity contribution is 14.1. The van der Waals surface area contributed by atoms with Crippen LogP contribution in [0.1, 0.15) is 99.3 Å². The van der Waals surface area contributed by atoms with Gasteiger partial charge in [-0.2, -0.15) is 0 Å². The van der Waals surface area contributed by atoms with Crippen LogP contribution in [-0.4, -0.2) is 10.7 Å². The first-order valence-electron chi connectivity index (χ1n) is 11.7. The third-order valence-electron chi connectivity index (χ3n) is 9.42. The van der Waals surface area contributed by atoms with Crippen molar-refractivity contribution in [2.75, 3.05) is 4.93 Å². The lowest BCUT2D eigenvalue weighted by atomic mass is 9.44. The third-order valence-corrected chi connectivity index (χ3v) is 9.42. The van der Waals surface area contributed by atoms with E-state index in [-0.39, 0.29) is 0 Å². The van der Waals surface area contributed by atoms with E-state index in [2.05, 4.69) is 43.4 Å². The summed E-state index contributed by atoms with van der Waals surface area (Å²) in [6.45, 7) is 13.5. The van der Waals surface area contributed by atoms with Crippen molar-refractivity contribution in [1.82, 2.24) is 0 Å². The van der Waals surface area contributed by atoms with Gasteiger partial charge >= 0.3 is 0 Å². The Morgan fingerprint density at radius 1 is 0.852 bits per heavy atom. The average molecular weight is 489 g/mol. The molecule has 0 aliphatic heterocycles. The largest absolute Gasteiger partial charge is 0.300 e. The van der Waals surface area contributed by atoms with Crippen LogP contribution in [0.15, 0.2) is 0 Å². The molecule has 4 fully saturated rings. The number of ketones is 1.